The van der Waals surface area contributed by atoms with Crippen LogP contribution in [-0.2, 0) is 0 Å². The van der Waals surface area contributed by atoms with Gasteiger partial charge in [0.05, 0.1) is 15.8 Å². The number of benzene rings is 1. The molecule has 1 aromatic rings. The summed E-state index contributed by atoms with van der Waals surface area (Å²) in [4.78, 5) is 11.8. The van der Waals surface area contributed by atoms with Crippen LogP contribution in [0.3, 0.4) is 0 Å². The third-order valence-electron chi connectivity index (χ3n) is 1.93. The number of ketones is 1. The van der Waals surface area contributed by atoms with Crippen molar-refractivity contribution in [2.45, 2.75) is 13.8 Å². The monoisotopic (exact) mass is 276 g/mol. The fraction of sp³-hybridized carbons (Fsp3) is 0.417. The second-order valence-electron chi connectivity index (χ2n) is 3.96. The maximum absolute atomic E-state index is 11.8. The summed E-state index contributed by atoms with van der Waals surface area (Å²) in [7, 11) is 0. The van der Waals surface area contributed by atoms with E-state index in [2.05, 4.69) is 13.8 Å². The van der Waals surface area contributed by atoms with Crippen molar-refractivity contribution in [3.63, 3.8) is 0 Å². The lowest BCUT2D eigenvalue weighted by Crippen LogP contribution is -2.04. The van der Waals surface area contributed by atoms with Gasteiger partial charge in [0, 0.05) is 5.56 Å². The number of thioether (sulfide) groups is 1. The quantitative estimate of drug-likeness (QED) is 0.733. The molecule has 1 aromatic carbocycles. The number of hydrogen-bond acceptors (Lipinski definition) is 2. The first kappa shape index (κ1) is 13.9. The molecule has 0 bridgehead atoms. The molecule has 0 aliphatic heterocycles. The molecule has 0 heterocycles. The van der Waals surface area contributed by atoms with E-state index in [9.17, 15) is 4.79 Å². The highest BCUT2D eigenvalue weighted by molar-refractivity contribution is 7.99. The molecule has 1 nitrogen and oxygen atoms in total. The highest BCUT2D eigenvalue weighted by Gasteiger charge is 2.08. The Balaban J connectivity index is 2.56. The molecule has 4 heteroatoms. The highest BCUT2D eigenvalue weighted by atomic mass is 35.5. The largest absolute Gasteiger partial charge is 0.293 e. The third kappa shape index (κ3) is 4.36. The van der Waals surface area contributed by atoms with Crippen molar-refractivity contribution < 1.29 is 4.79 Å². The number of rotatable bonds is 5. The van der Waals surface area contributed by atoms with Gasteiger partial charge in [-0.2, -0.15) is 11.8 Å². The Kier molecular flexibility index (Phi) is 5.67. The summed E-state index contributed by atoms with van der Waals surface area (Å²) in [5.74, 6) is 2.19. The van der Waals surface area contributed by atoms with Crippen LogP contribution in [0, 0.1) is 5.92 Å². The van der Waals surface area contributed by atoms with Crippen LogP contribution in [0.2, 0.25) is 10.0 Å². The van der Waals surface area contributed by atoms with Crippen LogP contribution in [-0.4, -0.2) is 17.3 Å². The van der Waals surface area contributed by atoms with E-state index >= 15 is 0 Å². The molecule has 0 atom stereocenters. The zero-order valence-corrected chi connectivity index (χ0v) is 11.6. The lowest BCUT2D eigenvalue weighted by atomic mass is 10.1. The molecule has 0 aliphatic carbocycles. The molecule has 0 saturated heterocycles. The van der Waals surface area contributed by atoms with Gasteiger partial charge in [-0.05, 0) is 29.9 Å². The second kappa shape index (κ2) is 6.53. The van der Waals surface area contributed by atoms with Gasteiger partial charge < -0.3 is 0 Å². The van der Waals surface area contributed by atoms with Crippen LogP contribution < -0.4 is 0 Å². The van der Waals surface area contributed by atoms with Gasteiger partial charge >= 0.3 is 0 Å². The molecule has 16 heavy (non-hydrogen) atoms. The van der Waals surface area contributed by atoms with Crippen molar-refractivity contribution in [3.05, 3.63) is 33.8 Å². The van der Waals surface area contributed by atoms with E-state index in [4.69, 9.17) is 23.2 Å². The van der Waals surface area contributed by atoms with Gasteiger partial charge in [-0.15, -0.1) is 0 Å². The summed E-state index contributed by atoms with van der Waals surface area (Å²) in [5.41, 5.74) is 0.630. The van der Waals surface area contributed by atoms with Gasteiger partial charge in [-0.25, -0.2) is 0 Å². The van der Waals surface area contributed by atoms with E-state index in [0.717, 1.165) is 5.75 Å². The molecule has 0 aromatic heterocycles. The minimum absolute atomic E-state index is 0.101. The molecule has 0 spiro atoms. The van der Waals surface area contributed by atoms with Crippen LogP contribution in [0.5, 0.6) is 0 Å². The SMILES string of the molecule is CC(C)CSCC(=O)c1ccc(Cl)c(Cl)c1. The van der Waals surface area contributed by atoms with E-state index in [1.54, 1.807) is 30.0 Å². The lowest BCUT2D eigenvalue weighted by Gasteiger charge is -2.05. The standard InChI is InChI=1S/C12H14Cl2OS/c1-8(2)6-16-7-12(15)9-3-4-10(13)11(14)5-9/h3-5,8H,6-7H2,1-2H3. The number of Topliss-reactive ketones (excluding diaryl/α,β-unsaturated/α-hetero) is 1. The Bertz CT molecular complexity index is 377. The van der Waals surface area contributed by atoms with Crippen molar-refractivity contribution in [2.24, 2.45) is 5.92 Å². The van der Waals surface area contributed by atoms with Crippen molar-refractivity contribution in [1.29, 1.82) is 0 Å². The van der Waals surface area contributed by atoms with Gasteiger partial charge in [-0.1, -0.05) is 37.0 Å². The first-order valence-electron chi connectivity index (χ1n) is 5.06. The molecular formula is C12H14Cl2OS. The highest BCUT2D eigenvalue weighted by Crippen LogP contribution is 2.23. The number of hydrogen-bond donors (Lipinski definition) is 0. The number of carbonyl (C=O) groups is 1. The number of carbonyl (C=O) groups excluding carboxylic acids is 1. The molecule has 0 amide bonds. The summed E-state index contributed by atoms with van der Waals surface area (Å²) >= 11 is 13.3. The molecule has 88 valence electrons. The molecule has 1 rings (SSSR count). The van der Waals surface area contributed by atoms with Crippen LogP contribution in [0.4, 0.5) is 0 Å². The van der Waals surface area contributed by atoms with Gasteiger partial charge in [0.2, 0.25) is 0 Å². The van der Waals surface area contributed by atoms with E-state index in [-0.39, 0.29) is 5.78 Å². The zero-order chi connectivity index (χ0) is 12.1. The summed E-state index contributed by atoms with van der Waals surface area (Å²) < 4.78 is 0. The first-order chi connectivity index (χ1) is 7.50. The second-order valence-corrected chi connectivity index (χ2v) is 5.81. The third-order valence-corrected chi connectivity index (χ3v) is 4.03. The molecule has 0 fully saturated rings. The smallest absolute Gasteiger partial charge is 0.172 e. The van der Waals surface area contributed by atoms with Crippen LogP contribution >= 0.6 is 35.0 Å². The summed E-state index contributed by atoms with van der Waals surface area (Å²) in [5, 5.41) is 0.912. The molecule has 0 radical (unpaired) electrons. The summed E-state index contributed by atoms with van der Waals surface area (Å²) in [6.45, 7) is 4.27. The fourth-order valence-corrected chi connectivity index (χ4v) is 2.38. The van der Waals surface area contributed by atoms with E-state index in [0.29, 0.717) is 27.3 Å². The fourth-order valence-electron chi connectivity index (χ4n) is 1.14. The van der Waals surface area contributed by atoms with Crippen LogP contribution in [0.1, 0.15) is 24.2 Å². The molecule has 0 unspecified atom stereocenters. The van der Waals surface area contributed by atoms with Crippen molar-refractivity contribution >= 4 is 40.7 Å². The Morgan fingerprint density at radius 1 is 1.31 bits per heavy atom. The normalized spacial score (nSPS) is 10.8. The molecule has 0 saturated carbocycles. The first-order valence-corrected chi connectivity index (χ1v) is 6.97. The zero-order valence-electron chi connectivity index (χ0n) is 9.30. The Labute approximate surface area is 111 Å². The maximum Gasteiger partial charge on any atom is 0.172 e. The predicted octanol–water partition coefficient (Wildman–Crippen LogP) is 4.57. The van der Waals surface area contributed by atoms with Crippen LogP contribution in [0.25, 0.3) is 0 Å². The lowest BCUT2D eigenvalue weighted by molar-refractivity contribution is 0.102. The minimum Gasteiger partial charge on any atom is -0.293 e. The summed E-state index contributed by atoms with van der Waals surface area (Å²) in [6, 6.07) is 5.00. The van der Waals surface area contributed by atoms with E-state index in [1.165, 1.54) is 0 Å². The van der Waals surface area contributed by atoms with E-state index < -0.39 is 0 Å². The topological polar surface area (TPSA) is 17.1 Å². The Morgan fingerprint density at radius 2 is 2.00 bits per heavy atom. The van der Waals surface area contributed by atoms with Crippen LogP contribution in [0.15, 0.2) is 18.2 Å². The Morgan fingerprint density at radius 3 is 2.56 bits per heavy atom. The van der Waals surface area contributed by atoms with Gasteiger partial charge in [0.15, 0.2) is 5.78 Å². The van der Waals surface area contributed by atoms with Gasteiger partial charge in [0.25, 0.3) is 0 Å². The average molecular weight is 277 g/mol. The van der Waals surface area contributed by atoms with Gasteiger partial charge in [0.1, 0.15) is 0 Å². The maximum atomic E-state index is 11.8. The van der Waals surface area contributed by atoms with Gasteiger partial charge in [-0.3, -0.25) is 4.79 Å². The van der Waals surface area contributed by atoms with E-state index in [1.807, 2.05) is 0 Å². The minimum atomic E-state index is 0.101. The average Bonchev–Trinajstić information content (AvgIpc) is 2.21. The van der Waals surface area contributed by atoms with Crippen molar-refractivity contribution in [3.8, 4) is 0 Å². The molecular weight excluding hydrogens is 263 g/mol. The number of halogens is 2. The van der Waals surface area contributed by atoms with Crippen molar-refractivity contribution in [2.75, 3.05) is 11.5 Å². The van der Waals surface area contributed by atoms with Crippen molar-refractivity contribution in [1.82, 2.24) is 0 Å². The molecule has 0 N–H and O–H groups in total. The Hall–Kier alpha value is -0.180. The predicted molar refractivity (Wildman–Crippen MR) is 73.0 cm³/mol. The molecule has 0 aliphatic rings. The summed E-state index contributed by atoms with van der Waals surface area (Å²) in [6.07, 6.45) is 0.